The number of aromatic nitrogens is 1. The van der Waals surface area contributed by atoms with Gasteiger partial charge in [0, 0.05) is 18.3 Å². The highest BCUT2D eigenvalue weighted by Gasteiger charge is 2.10. The number of ether oxygens (including phenoxy) is 2. The lowest BCUT2D eigenvalue weighted by Crippen LogP contribution is -2.15. The maximum absolute atomic E-state index is 12.0. The number of hydrogen-bond donors (Lipinski definition) is 2. The van der Waals surface area contributed by atoms with Crippen LogP contribution in [0.15, 0.2) is 41.3 Å². The van der Waals surface area contributed by atoms with Gasteiger partial charge in [0.05, 0.1) is 25.5 Å². The molecule has 0 atom stereocenters. The van der Waals surface area contributed by atoms with E-state index >= 15 is 0 Å². The zero-order valence-corrected chi connectivity index (χ0v) is 11.1. The Labute approximate surface area is 115 Å². The first-order valence-corrected chi connectivity index (χ1v) is 5.86. The minimum atomic E-state index is -0.343. The molecule has 0 fully saturated rings. The molecule has 1 aromatic heterocycles. The van der Waals surface area contributed by atoms with E-state index in [2.05, 4.69) is 10.3 Å². The molecule has 6 heteroatoms. The van der Waals surface area contributed by atoms with Crippen molar-refractivity contribution in [2.24, 2.45) is 0 Å². The van der Waals surface area contributed by atoms with E-state index in [1.165, 1.54) is 25.4 Å². The quantitative estimate of drug-likeness (QED) is 0.888. The zero-order valence-electron chi connectivity index (χ0n) is 11.1. The predicted molar refractivity (Wildman–Crippen MR) is 74.6 cm³/mol. The number of aromatic amines is 1. The molecule has 0 unspecified atom stereocenters. The Balaban J connectivity index is 2.23. The molecule has 104 valence electrons. The van der Waals surface area contributed by atoms with Crippen LogP contribution in [0.25, 0.3) is 0 Å². The summed E-state index contributed by atoms with van der Waals surface area (Å²) in [7, 11) is 3.05. The summed E-state index contributed by atoms with van der Waals surface area (Å²) in [6.07, 6.45) is 1.35. The molecule has 0 radical (unpaired) electrons. The van der Waals surface area contributed by atoms with Crippen LogP contribution in [0, 0.1) is 0 Å². The lowest BCUT2D eigenvalue weighted by atomic mass is 10.2. The Morgan fingerprint density at radius 3 is 2.55 bits per heavy atom. The number of hydrogen-bond acceptors (Lipinski definition) is 4. The minimum absolute atomic E-state index is 0.261. The summed E-state index contributed by atoms with van der Waals surface area (Å²) >= 11 is 0. The third kappa shape index (κ3) is 2.97. The second-order valence-electron chi connectivity index (χ2n) is 3.96. The van der Waals surface area contributed by atoms with Crippen LogP contribution in [0.3, 0.4) is 0 Å². The average Bonchev–Trinajstić information content (AvgIpc) is 2.48. The van der Waals surface area contributed by atoms with Gasteiger partial charge in [-0.15, -0.1) is 0 Å². The molecule has 0 aliphatic heterocycles. The Kier molecular flexibility index (Phi) is 4.05. The van der Waals surface area contributed by atoms with E-state index in [9.17, 15) is 9.59 Å². The highest BCUT2D eigenvalue weighted by atomic mass is 16.5. The van der Waals surface area contributed by atoms with E-state index < -0.39 is 0 Å². The Bertz CT molecular complexity index is 659. The van der Waals surface area contributed by atoms with Gasteiger partial charge in [-0.05, 0) is 18.2 Å². The van der Waals surface area contributed by atoms with Gasteiger partial charge in [-0.2, -0.15) is 0 Å². The molecule has 0 bridgehead atoms. The number of H-pyrrole nitrogens is 1. The van der Waals surface area contributed by atoms with Crippen LogP contribution in [0.1, 0.15) is 10.4 Å². The van der Waals surface area contributed by atoms with Crippen molar-refractivity contribution in [1.82, 2.24) is 4.98 Å². The number of carbonyl (C=O) groups excluding carboxylic acids is 1. The fourth-order valence-corrected chi connectivity index (χ4v) is 1.65. The van der Waals surface area contributed by atoms with Gasteiger partial charge in [-0.3, -0.25) is 9.59 Å². The number of pyridine rings is 1. The summed E-state index contributed by atoms with van der Waals surface area (Å²) in [6.45, 7) is 0. The fourth-order valence-electron chi connectivity index (χ4n) is 1.65. The minimum Gasteiger partial charge on any atom is -0.497 e. The van der Waals surface area contributed by atoms with Crippen molar-refractivity contribution in [3.05, 3.63) is 52.4 Å². The molecule has 1 heterocycles. The Hall–Kier alpha value is -2.76. The second-order valence-corrected chi connectivity index (χ2v) is 3.96. The lowest BCUT2D eigenvalue weighted by Gasteiger charge is -2.11. The predicted octanol–water partition coefficient (Wildman–Crippen LogP) is 1.64. The van der Waals surface area contributed by atoms with Crippen LogP contribution in [0.2, 0.25) is 0 Å². The Morgan fingerprint density at radius 1 is 1.15 bits per heavy atom. The molecular weight excluding hydrogens is 260 g/mol. The van der Waals surface area contributed by atoms with Crippen LogP contribution < -0.4 is 20.3 Å². The second kappa shape index (κ2) is 5.92. The van der Waals surface area contributed by atoms with Crippen molar-refractivity contribution in [3.63, 3.8) is 0 Å². The molecule has 0 aliphatic carbocycles. The Morgan fingerprint density at radius 2 is 1.95 bits per heavy atom. The van der Waals surface area contributed by atoms with Gasteiger partial charge >= 0.3 is 0 Å². The number of benzene rings is 1. The van der Waals surface area contributed by atoms with E-state index in [1.807, 2.05) is 0 Å². The molecule has 2 rings (SSSR count). The van der Waals surface area contributed by atoms with Gasteiger partial charge in [-0.25, -0.2) is 0 Å². The largest absolute Gasteiger partial charge is 0.497 e. The van der Waals surface area contributed by atoms with E-state index in [0.29, 0.717) is 22.7 Å². The summed E-state index contributed by atoms with van der Waals surface area (Å²) < 4.78 is 10.3. The molecule has 1 aromatic carbocycles. The number of anilines is 1. The fraction of sp³-hybridized carbons (Fsp3) is 0.143. The third-order valence-electron chi connectivity index (χ3n) is 2.70. The van der Waals surface area contributed by atoms with Crippen LogP contribution in [-0.2, 0) is 0 Å². The average molecular weight is 274 g/mol. The molecular formula is C14H14N2O4. The van der Waals surface area contributed by atoms with E-state index in [1.54, 1.807) is 25.3 Å². The number of carbonyl (C=O) groups is 1. The number of nitrogens with one attached hydrogen (secondary N) is 2. The first kappa shape index (κ1) is 13.7. The summed E-state index contributed by atoms with van der Waals surface area (Å²) in [6, 6.07) is 7.80. The molecule has 0 spiro atoms. The molecule has 6 nitrogen and oxygen atoms in total. The SMILES string of the molecule is COc1ccc(NC(=O)c2ccc(=O)[nH]c2)c(OC)c1. The van der Waals surface area contributed by atoms with Crippen LogP contribution in [-0.4, -0.2) is 25.1 Å². The van der Waals surface area contributed by atoms with Gasteiger partial charge in [0.15, 0.2) is 0 Å². The van der Waals surface area contributed by atoms with Crippen molar-refractivity contribution in [3.8, 4) is 11.5 Å². The summed E-state index contributed by atoms with van der Waals surface area (Å²) in [4.78, 5) is 25.4. The van der Waals surface area contributed by atoms with E-state index in [0.717, 1.165) is 0 Å². The lowest BCUT2D eigenvalue weighted by molar-refractivity contribution is 0.102. The summed E-state index contributed by atoms with van der Waals surface area (Å²) in [5, 5.41) is 2.71. The van der Waals surface area contributed by atoms with Crippen molar-refractivity contribution < 1.29 is 14.3 Å². The summed E-state index contributed by atoms with van der Waals surface area (Å²) in [5.41, 5.74) is 0.607. The van der Waals surface area contributed by atoms with Gasteiger partial charge in [0.25, 0.3) is 5.91 Å². The van der Waals surface area contributed by atoms with Gasteiger partial charge in [0.1, 0.15) is 11.5 Å². The molecule has 20 heavy (non-hydrogen) atoms. The third-order valence-corrected chi connectivity index (χ3v) is 2.70. The van der Waals surface area contributed by atoms with E-state index in [4.69, 9.17) is 9.47 Å². The summed E-state index contributed by atoms with van der Waals surface area (Å²) in [5.74, 6) is 0.774. The van der Waals surface area contributed by atoms with Crippen LogP contribution in [0.5, 0.6) is 11.5 Å². The standard InChI is InChI=1S/C14H14N2O4/c1-19-10-4-5-11(12(7-10)20-2)16-14(18)9-3-6-13(17)15-8-9/h3-8H,1-2H3,(H,15,17)(H,16,18). The van der Waals surface area contributed by atoms with Crippen molar-refractivity contribution in [2.75, 3.05) is 19.5 Å². The van der Waals surface area contributed by atoms with Crippen LogP contribution >= 0.6 is 0 Å². The highest BCUT2D eigenvalue weighted by molar-refractivity contribution is 6.04. The maximum atomic E-state index is 12.0. The van der Waals surface area contributed by atoms with Crippen LogP contribution in [0.4, 0.5) is 5.69 Å². The number of amides is 1. The van der Waals surface area contributed by atoms with Crippen molar-refractivity contribution >= 4 is 11.6 Å². The van der Waals surface area contributed by atoms with Gasteiger partial charge < -0.3 is 19.8 Å². The van der Waals surface area contributed by atoms with E-state index in [-0.39, 0.29) is 11.5 Å². The van der Waals surface area contributed by atoms with Gasteiger partial charge in [0.2, 0.25) is 5.56 Å². The molecule has 0 aliphatic rings. The molecule has 0 saturated carbocycles. The molecule has 0 saturated heterocycles. The normalized spacial score (nSPS) is 9.90. The monoisotopic (exact) mass is 274 g/mol. The zero-order chi connectivity index (χ0) is 14.5. The first-order chi connectivity index (χ1) is 9.63. The smallest absolute Gasteiger partial charge is 0.257 e. The molecule has 2 aromatic rings. The highest BCUT2D eigenvalue weighted by Crippen LogP contribution is 2.29. The van der Waals surface area contributed by atoms with Crippen molar-refractivity contribution in [1.29, 1.82) is 0 Å². The topological polar surface area (TPSA) is 80.4 Å². The number of rotatable bonds is 4. The molecule has 2 N–H and O–H groups in total. The van der Waals surface area contributed by atoms with Crippen molar-refractivity contribution in [2.45, 2.75) is 0 Å². The molecule has 1 amide bonds. The van der Waals surface area contributed by atoms with Gasteiger partial charge in [-0.1, -0.05) is 0 Å². The first-order valence-electron chi connectivity index (χ1n) is 5.86. The number of methoxy groups -OCH3 is 2. The maximum Gasteiger partial charge on any atom is 0.257 e.